The molecular formula is C10H9N3OS. The number of hydrogen-bond donors (Lipinski definition) is 2. The van der Waals surface area contributed by atoms with Crippen molar-refractivity contribution < 1.29 is 4.79 Å². The van der Waals surface area contributed by atoms with Crippen molar-refractivity contribution in [2.75, 3.05) is 5.73 Å². The molecule has 1 amide bonds. The number of nitrogen functional groups attached to an aromatic ring is 1. The molecule has 1 aromatic carbocycles. The zero-order valence-electron chi connectivity index (χ0n) is 7.81. The lowest BCUT2D eigenvalue weighted by atomic mass is 10.1. The predicted molar refractivity (Wildman–Crippen MR) is 60.5 cm³/mol. The van der Waals surface area contributed by atoms with Gasteiger partial charge in [-0.25, -0.2) is 0 Å². The number of primary amides is 1. The number of benzene rings is 1. The second-order valence-electron chi connectivity index (χ2n) is 3.00. The molecule has 0 saturated carbocycles. The second kappa shape index (κ2) is 3.70. The fraction of sp³-hybridized carbons (Fsp3) is 0. The highest BCUT2D eigenvalue weighted by Gasteiger charge is 2.17. The normalized spacial score (nSPS) is 10.1. The van der Waals surface area contributed by atoms with Crippen LogP contribution in [0.3, 0.4) is 0 Å². The van der Waals surface area contributed by atoms with Gasteiger partial charge in [0, 0.05) is 5.56 Å². The Morgan fingerprint density at radius 3 is 2.53 bits per heavy atom. The van der Waals surface area contributed by atoms with Crippen molar-refractivity contribution in [3.05, 3.63) is 35.9 Å². The average Bonchev–Trinajstić information content (AvgIpc) is 2.61. The zero-order valence-corrected chi connectivity index (χ0v) is 8.62. The number of nitrogens with zero attached hydrogens (tertiary/aromatic N) is 1. The molecule has 4 nitrogen and oxygen atoms in total. The molecule has 1 heterocycles. The molecule has 15 heavy (non-hydrogen) atoms. The first kappa shape index (κ1) is 9.67. The summed E-state index contributed by atoms with van der Waals surface area (Å²) >= 11 is 1.08. The van der Waals surface area contributed by atoms with Crippen LogP contribution in [0, 0.1) is 0 Å². The molecule has 0 atom stereocenters. The molecule has 5 heteroatoms. The Labute approximate surface area is 90.7 Å². The van der Waals surface area contributed by atoms with Crippen LogP contribution in [0.1, 0.15) is 10.4 Å². The maximum atomic E-state index is 11.2. The van der Waals surface area contributed by atoms with Crippen molar-refractivity contribution in [3.8, 4) is 11.3 Å². The first-order valence-corrected chi connectivity index (χ1v) is 5.08. The molecule has 0 bridgehead atoms. The Morgan fingerprint density at radius 2 is 1.93 bits per heavy atom. The minimum Gasteiger partial charge on any atom is -0.389 e. The van der Waals surface area contributed by atoms with Gasteiger partial charge >= 0.3 is 0 Å². The maximum Gasteiger partial charge on any atom is 0.253 e. The minimum absolute atomic E-state index is 0.311. The fourth-order valence-electron chi connectivity index (χ4n) is 1.33. The molecule has 2 aromatic rings. The summed E-state index contributed by atoms with van der Waals surface area (Å²) in [6, 6.07) is 9.36. The van der Waals surface area contributed by atoms with E-state index in [9.17, 15) is 4.79 Å². The van der Waals surface area contributed by atoms with Gasteiger partial charge in [0.1, 0.15) is 10.6 Å². The SMILES string of the molecule is NC(=O)c1c(-c2ccccc2)nsc1N. The van der Waals surface area contributed by atoms with E-state index in [0.717, 1.165) is 17.1 Å². The number of carbonyl (C=O) groups excluding carboxylic acids is 1. The van der Waals surface area contributed by atoms with Crippen LogP contribution in [0.15, 0.2) is 30.3 Å². The van der Waals surface area contributed by atoms with Gasteiger partial charge in [0.05, 0.1) is 5.69 Å². The number of hydrogen-bond acceptors (Lipinski definition) is 4. The summed E-state index contributed by atoms with van der Waals surface area (Å²) in [5, 5.41) is 0.362. The number of amides is 1. The number of anilines is 1. The molecule has 0 fully saturated rings. The van der Waals surface area contributed by atoms with Gasteiger partial charge in [-0.05, 0) is 11.5 Å². The molecule has 0 unspecified atom stereocenters. The summed E-state index contributed by atoms with van der Waals surface area (Å²) in [6.45, 7) is 0. The molecule has 1 aromatic heterocycles. The highest BCUT2D eigenvalue weighted by Crippen LogP contribution is 2.29. The third kappa shape index (κ3) is 1.69. The van der Waals surface area contributed by atoms with E-state index < -0.39 is 5.91 Å². The lowest BCUT2D eigenvalue weighted by Crippen LogP contribution is -2.13. The van der Waals surface area contributed by atoms with Crippen LogP contribution in [0.5, 0.6) is 0 Å². The highest BCUT2D eigenvalue weighted by atomic mass is 32.1. The molecule has 2 rings (SSSR count). The molecule has 0 aliphatic carbocycles. The maximum absolute atomic E-state index is 11.2. The molecule has 0 spiro atoms. The average molecular weight is 219 g/mol. The van der Waals surface area contributed by atoms with Crippen LogP contribution < -0.4 is 11.5 Å². The summed E-state index contributed by atoms with van der Waals surface area (Å²) in [7, 11) is 0. The zero-order chi connectivity index (χ0) is 10.8. The van der Waals surface area contributed by atoms with Gasteiger partial charge in [-0.2, -0.15) is 4.37 Å². The third-order valence-electron chi connectivity index (χ3n) is 2.01. The van der Waals surface area contributed by atoms with Gasteiger partial charge in [0.2, 0.25) is 0 Å². The smallest absolute Gasteiger partial charge is 0.253 e. The standard InChI is InChI=1S/C10H9N3OS/c11-9(14)7-8(13-15-10(7)12)6-4-2-1-3-5-6/h1-5H,12H2,(H2,11,14). The summed E-state index contributed by atoms with van der Waals surface area (Å²) in [5.74, 6) is -0.542. The summed E-state index contributed by atoms with van der Waals surface area (Å²) in [5.41, 5.74) is 12.6. The Kier molecular flexibility index (Phi) is 2.39. The Hall–Kier alpha value is -1.88. The van der Waals surface area contributed by atoms with Gasteiger partial charge in [0.25, 0.3) is 5.91 Å². The summed E-state index contributed by atoms with van der Waals surface area (Å²) in [6.07, 6.45) is 0. The lowest BCUT2D eigenvalue weighted by Gasteiger charge is -1.99. The largest absolute Gasteiger partial charge is 0.389 e. The third-order valence-corrected chi connectivity index (χ3v) is 2.69. The van der Waals surface area contributed by atoms with Crippen molar-refractivity contribution in [2.45, 2.75) is 0 Å². The van der Waals surface area contributed by atoms with E-state index in [1.807, 2.05) is 30.3 Å². The predicted octanol–water partition coefficient (Wildman–Crippen LogP) is 1.49. The lowest BCUT2D eigenvalue weighted by molar-refractivity contribution is 0.100. The summed E-state index contributed by atoms with van der Waals surface area (Å²) < 4.78 is 4.12. The number of aromatic nitrogens is 1. The molecular weight excluding hydrogens is 210 g/mol. The Morgan fingerprint density at radius 1 is 1.27 bits per heavy atom. The van der Waals surface area contributed by atoms with Crippen LogP contribution in [0.4, 0.5) is 5.00 Å². The number of rotatable bonds is 2. The Balaban J connectivity index is 2.59. The topological polar surface area (TPSA) is 82.0 Å². The second-order valence-corrected chi connectivity index (χ2v) is 3.81. The molecule has 76 valence electrons. The number of nitrogens with two attached hydrogens (primary N) is 2. The van der Waals surface area contributed by atoms with E-state index in [2.05, 4.69) is 4.37 Å². The van der Waals surface area contributed by atoms with E-state index in [4.69, 9.17) is 11.5 Å². The van der Waals surface area contributed by atoms with E-state index >= 15 is 0 Å². The first-order chi connectivity index (χ1) is 7.20. The molecule has 0 aliphatic heterocycles. The highest BCUT2D eigenvalue weighted by molar-refractivity contribution is 7.10. The minimum atomic E-state index is -0.542. The fourth-order valence-corrected chi connectivity index (χ4v) is 2.01. The Bertz CT molecular complexity index is 493. The van der Waals surface area contributed by atoms with Crippen LogP contribution in [0.25, 0.3) is 11.3 Å². The van der Waals surface area contributed by atoms with Crippen LogP contribution in [-0.4, -0.2) is 10.3 Å². The molecule has 0 saturated heterocycles. The van der Waals surface area contributed by atoms with Crippen molar-refractivity contribution in [2.24, 2.45) is 5.73 Å². The van der Waals surface area contributed by atoms with E-state index in [1.54, 1.807) is 0 Å². The van der Waals surface area contributed by atoms with E-state index in [-0.39, 0.29) is 0 Å². The quantitative estimate of drug-likeness (QED) is 0.802. The number of carbonyl (C=O) groups is 1. The van der Waals surface area contributed by atoms with Crippen LogP contribution in [0.2, 0.25) is 0 Å². The molecule has 4 N–H and O–H groups in total. The van der Waals surface area contributed by atoms with Crippen molar-refractivity contribution in [3.63, 3.8) is 0 Å². The molecule has 0 radical (unpaired) electrons. The van der Waals surface area contributed by atoms with Gasteiger partial charge in [-0.3, -0.25) is 4.79 Å². The van der Waals surface area contributed by atoms with Crippen molar-refractivity contribution in [1.82, 2.24) is 4.37 Å². The van der Waals surface area contributed by atoms with Gasteiger partial charge in [-0.1, -0.05) is 30.3 Å². The van der Waals surface area contributed by atoms with Gasteiger partial charge in [-0.15, -0.1) is 0 Å². The van der Waals surface area contributed by atoms with E-state index in [1.165, 1.54) is 0 Å². The van der Waals surface area contributed by atoms with Crippen molar-refractivity contribution in [1.29, 1.82) is 0 Å². The van der Waals surface area contributed by atoms with E-state index in [0.29, 0.717) is 16.3 Å². The molecule has 0 aliphatic rings. The first-order valence-electron chi connectivity index (χ1n) is 4.30. The van der Waals surface area contributed by atoms with Gasteiger partial charge < -0.3 is 11.5 Å². The van der Waals surface area contributed by atoms with Gasteiger partial charge in [0.15, 0.2) is 0 Å². The van der Waals surface area contributed by atoms with Crippen LogP contribution in [-0.2, 0) is 0 Å². The summed E-state index contributed by atoms with van der Waals surface area (Å²) in [4.78, 5) is 11.2. The van der Waals surface area contributed by atoms with Crippen LogP contribution >= 0.6 is 11.5 Å². The van der Waals surface area contributed by atoms with Crippen molar-refractivity contribution >= 4 is 22.4 Å². The monoisotopic (exact) mass is 219 g/mol.